The molecule has 0 bridgehead atoms. The highest BCUT2D eigenvalue weighted by atomic mass is 16.2. The maximum absolute atomic E-state index is 12.3. The molecule has 24 heavy (non-hydrogen) atoms. The van der Waals surface area contributed by atoms with Gasteiger partial charge in [0.25, 0.3) is 0 Å². The molecule has 1 aliphatic rings. The average Bonchev–Trinajstić information content (AvgIpc) is 2.65. The van der Waals surface area contributed by atoms with E-state index in [9.17, 15) is 4.79 Å². The highest BCUT2D eigenvalue weighted by Gasteiger charge is 2.22. The van der Waals surface area contributed by atoms with Crippen LogP contribution >= 0.6 is 0 Å². The van der Waals surface area contributed by atoms with Crippen molar-refractivity contribution in [3.8, 4) is 6.07 Å². The fourth-order valence-electron chi connectivity index (χ4n) is 3.12. The molecular weight excluding hydrogens is 298 g/mol. The lowest BCUT2D eigenvalue weighted by atomic mass is 9.96. The molecule has 0 aromatic heterocycles. The Labute approximate surface area is 145 Å². The topological polar surface area (TPSA) is 47.3 Å². The lowest BCUT2D eigenvalue weighted by Crippen LogP contribution is -2.41. The van der Waals surface area contributed by atoms with Crippen LogP contribution in [0.25, 0.3) is 6.08 Å². The van der Waals surface area contributed by atoms with Crippen LogP contribution in [-0.2, 0) is 4.79 Å². The second-order valence-electron chi connectivity index (χ2n) is 6.32. The molecular formula is C20H27N3O. The van der Waals surface area contributed by atoms with Gasteiger partial charge >= 0.3 is 0 Å². The number of hydrogen-bond donors (Lipinski definition) is 0. The number of carbonyl (C=O) groups excluding carboxylic acids is 1. The lowest BCUT2D eigenvalue weighted by molar-refractivity contribution is -0.127. The second-order valence-corrected chi connectivity index (χ2v) is 6.32. The Kier molecular flexibility index (Phi) is 7.02. The third kappa shape index (κ3) is 5.21. The van der Waals surface area contributed by atoms with Gasteiger partial charge in [0.05, 0.1) is 11.6 Å². The van der Waals surface area contributed by atoms with Crippen LogP contribution in [0.5, 0.6) is 0 Å². The van der Waals surface area contributed by atoms with E-state index in [-0.39, 0.29) is 5.91 Å². The summed E-state index contributed by atoms with van der Waals surface area (Å²) in [7, 11) is 0. The molecule has 1 aromatic rings. The number of hydrogen-bond acceptors (Lipinski definition) is 3. The number of nitrogens with zero attached hydrogens (tertiary/aromatic N) is 3. The summed E-state index contributed by atoms with van der Waals surface area (Å²) < 4.78 is 0. The van der Waals surface area contributed by atoms with E-state index in [4.69, 9.17) is 5.26 Å². The first-order valence-corrected chi connectivity index (χ1v) is 8.85. The minimum Gasteiger partial charge on any atom is -0.339 e. The smallest absolute Gasteiger partial charge is 0.246 e. The number of nitriles is 1. The largest absolute Gasteiger partial charge is 0.339 e. The van der Waals surface area contributed by atoms with Crippen LogP contribution in [0.4, 0.5) is 0 Å². The Morgan fingerprint density at radius 1 is 1.25 bits per heavy atom. The quantitative estimate of drug-likeness (QED) is 0.755. The Morgan fingerprint density at radius 3 is 2.42 bits per heavy atom. The van der Waals surface area contributed by atoms with Gasteiger partial charge in [-0.05, 0) is 55.6 Å². The minimum absolute atomic E-state index is 0.0839. The normalized spacial score (nSPS) is 15.8. The maximum Gasteiger partial charge on any atom is 0.246 e. The number of likely N-dealkylation sites (tertiary alicyclic amines) is 1. The van der Waals surface area contributed by atoms with E-state index in [1.165, 1.54) is 0 Å². The molecule has 0 N–H and O–H groups in total. The molecule has 0 spiro atoms. The van der Waals surface area contributed by atoms with Crippen LogP contribution in [0.15, 0.2) is 30.3 Å². The average molecular weight is 325 g/mol. The van der Waals surface area contributed by atoms with Crippen LogP contribution in [0.3, 0.4) is 0 Å². The van der Waals surface area contributed by atoms with E-state index in [0.717, 1.165) is 51.1 Å². The third-order valence-corrected chi connectivity index (χ3v) is 4.80. The molecule has 0 atom stereocenters. The highest BCUT2D eigenvalue weighted by Crippen LogP contribution is 2.19. The van der Waals surface area contributed by atoms with Crippen molar-refractivity contribution in [1.29, 1.82) is 5.26 Å². The van der Waals surface area contributed by atoms with E-state index in [0.29, 0.717) is 11.5 Å². The number of piperidine rings is 1. The van der Waals surface area contributed by atoms with Gasteiger partial charge < -0.3 is 9.80 Å². The molecule has 1 aliphatic heterocycles. The summed E-state index contributed by atoms with van der Waals surface area (Å²) in [5, 5.41) is 8.79. The summed E-state index contributed by atoms with van der Waals surface area (Å²) in [6.45, 7) is 9.46. The van der Waals surface area contributed by atoms with E-state index >= 15 is 0 Å². The van der Waals surface area contributed by atoms with E-state index in [2.05, 4.69) is 24.8 Å². The number of benzene rings is 1. The van der Waals surface area contributed by atoms with Crippen LogP contribution in [0, 0.1) is 17.2 Å². The van der Waals surface area contributed by atoms with Crippen molar-refractivity contribution in [2.45, 2.75) is 26.7 Å². The Morgan fingerprint density at radius 2 is 1.88 bits per heavy atom. The van der Waals surface area contributed by atoms with Crippen molar-refractivity contribution in [2.24, 2.45) is 5.92 Å². The van der Waals surface area contributed by atoms with Gasteiger partial charge in [-0.3, -0.25) is 4.79 Å². The zero-order valence-corrected chi connectivity index (χ0v) is 14.7. The zero-order chi connectivity index (χ0) is 17.4. The number of carbonyl (C=O) groups is 1. The number of rotatable bonds is 6. The molecule has 0 radical (unpaired) electrons. The first kappa shape index (κ1) is 18.2. The van der Waals surface area contributed by atoms with Crippen molar-refractivity contribution in [3.63, 3.8) is 0 Å². The molecule has 4 heteroatoms. The van der Waals surface area contributed by atoms with Gasteiger partial charge in [-0.2, -0.15) is 5.26 Å². The van der Waals surface area contributed by atoms with Crippen molar-refractivity contribution in [1.82, 2.24) is 9.80 Å². The second kappa shape index (κ2) is 9.24. The van der Waals surface area contributed by atoms with Gasteiger partial charge in [0.15, 0.2) is 0 Å². The van der Waals surface area contributed by atoms with Gasteiger partial charge in [-0.25, -0.2) is 0 Å². The van der Waals surface area contributed by atoms with Gasteiger partial charge in [-0.15, -0.1) is 0 Å². The van der Waals surface area contributed by atoms with Gasteiger partial charge in [0.2, 0.25) is 5.91 Å². The molecule has 0 aliphatic carbocycles. The van der Waals surface area contributed by atoms with Gasteiger partial charge in [0.1, 0.15) is 0 Å². The molecule has 1 aromatic carbocycles. The highest BCUT2D eigenvalue weighted by molar-refractivity contribution is 5.91. The summed E-state index contributed by atoms with van der Waals surface area (Å²) in [6, 6.07) is 9.35. The van der Waals surface area contributed by atoms with E-state index in [1.807, 2.05) is 23.1 Å². The summed E-state index contributed by atoms with van der Waals surface area (Å²) in [5.74, 6) is 0.789. The predicted octanol–water partition coefficient (Wildman–Crippen LogP) is 3.15. The minimum atomic E-state index is 0.0839. The maximum atomic E-state index is 12.3. The molecule has 4 nitrogen and oxygen atoms in total. The molecule has 128 valence electrons. The van der Waals surface area contributed by atoms with Gasteiger partial charge in [-0.1, -0.05) is 26.0 Å². The summed E-state index contributed by atoms with van der Waals surface area (Å²) in [5.41, 5.74) is 1.58. The van der Waals surface area contributed by atoms with Crippen LogP contribution in [-0.4, -0.2) is 48.4 Å². The zero-order valence-electron chi connectivity index (χ0n) is 14.7. The Hall–Kier alpha value is -2.12. The van der Waals surface area contributed by atoms with Crippen molar-refractivity contribution >= 4 is 12.0 Å². The van der Waals surface area contributed by atoms with Crippen molar-refractivity contribution in [3.05, 3.63) is 41.5 Å². The first-order chi connectivity index (χ1) is 11.7. The van der Waals surface area contributed by atoms with Gasteiger partial charge in [0, 0.05) is 25.7 Å². The van der Waals surface area contributed by atoms with Crippen LogP contribution in [0.2, 0.25) is 0 Å². The van der Waals surface area contributed by atoms with Crippen molar-refractivity contribution in [2.75, 3.05) is 32.7 Å². The van der Waals surface area contributed by atoms with Crippen LogP contribution in [0.1, 0.15) is 37.8 Å². The molecule has 0 unspecified atom stereocenters. The Bertz CT molecular complexity index is 588. The predicted molar refractivity (Wildman–Crippen MR) is 97.3 cm³/mol. The Balaban J connectivity index is 1.81. The summed E-state index contributed by atoms with van der Waals surface area (Å²) in [6.07, 6.45) is 5.65. The third-order valence-electron chi connectivity index (χ3n) is 4.80. The standard InChI is InChI=1S/C20H27N3O/c1-3-22(4-2)16-19-11-13-23(14-12-19)20(24)10-9-17-5-7-18(15-21)8-6-17/h5-10,19H,3-4,11-14,16H2,1-2H3/b10-9+. The van der Waals surface area contributed by atoms with Crippen molar-refractivity contribution < 1.29 is 4.79 Å². The molecule has 1 heterocycles. The molecule has 1 saturated heterocycles. The molecule has 1 fully saturated rings. The first-order valence-electron chi connectivity index (χ1n) is 8.85. The summed E-state index contributed by atoms with van der Waals surface area (Å²) in [4.78, 5) is 16.7. The lowest BCUT2D eigenvalue weighted by Gasteiger charge is -2.34. The molecule has 2 rings (SSSR count). The fourth-order valence-corrected chi connectivity index (χ4v) is 3.12. The number of amides is 1. The molecule has 1 amide bonds. The SMILES string of the molecule is CCN(CC)CC1CCN(C(=O)/C=C/c2ccc(C#N)cc2)CC1. The van der Waals surface area contributed by atoms with E-state index < -0.39 is 0 Å². The molecule has 0 saturated carbocycles. The van der Waals surface area contributed by atoms with Crippen LogP contribution < -0.4 is 0 Å². The van der Waals surface area contributed by atoms with E-state index in [1.54, 1.807) is 18.2 Å². The summed E-state index contributed by atoms with van der Waals surface area (Å²) >= 11 is 0. The fraction of sp³-hybridized carbons (Fsp3) is 0.500. The monoisotopic (exact) mass is 325 g/mol.